The molecule has 134 valence electrons. The van der Waals surface area contributed by atoms with Crippen LogP contribution in [0.3, 0.4) is 0 Å². The highest BCUT2D eigenvalue weighted by molar-refractivity contribution is 5.73. The summed E-state index contributed by atoms with van der Waals surface area (Å²) in [6.45, 7) is 6.65. The Morgan fingerprint density at radius 2 is 1.92 bits per heavy atom. The molecule has 2 aromatic rings. The van der Waals surface area contributed by atoms with E-state index in [1.165, 1.54) is 31.5 Å². The van der Waals surface area contributed by atoms with Crippen molar-refractivity contribution in [2.24, 2.45) is 5.92 Å². The highest BCUT2D eigenvalue weighted by atomic mass is 16.3. The maximum atomic E-state index is 11.8. The first-order chi connectivity index (χ1) is 12.2. The van der Waals surface area contributed by atoms with Gasteiger partial charge < -0.3 is 15.1 Å². The van der Waals surface area contributed by atoms with Crippen LogP contribution < -0.4 is 10.6 Å². The molecule has 5 heteroatoms. The van der Waals surface area contributed by atoms with Gasteiger partial charge in [-0.15, -0.1) is 0 Å². The fourth-order valence-corrected chi connectivity index (χ4v) is 3.28. The van der Waals surface area contributed by atoms with Crippen LogP contribution in [0.5, 0.6) is 0 Å². The van der Waals surface area contributed by atoms with Crippen LogP contribution >= 0.6 is 0 Å². The number of rotatable bonds is 6. The predicted octanol–water partition coefficient (Wildman–Crippen LogP) is 3.51. The van der Waals surface area contributed by atoms with Crippen molar-refractivity contribution in [1.29, 1.82) is 0 Å². The van der Waals surface area contributed by atoms with Crippen LogP contribution in [0.2, 0.25) is 0 Å². The van der Waals surface area contributed by atoms with Crippen molar-refractivity contribution in [3.05, 3.63) is 59.5 Å². The number of hydrogen-bond donors (Lipinski definition) is 2. The van der Waals surface area contributed by atoms with E-state index in [0.717, 1.165) is 23.8 Å². The molecular weight excluding hydrogens is 314 g/mol. The molecule has 2 heterocycles. The monoisotopic (exact) mass is 341 g/mol. The summed E-state index contributed by atoms with van der Waals surface area (Å²) in [7, 11) is 0. The Kier molecular flexibility index (Phi) is 6.12. The quantitative estimate of drug-likeness (QED) is 0.845. The zero-order valence-corrected chi connectivity index (χ0v) is 14.8. The van der Waals surface area contributed by atoms with E-state index >= 15 is 0 Å². The van der Waals surface area contributed by atoms with Crippen LogP contribution in [0, 0.1) is 5.92 Å². The number of amides is 2. The molecule has 2 amide bonds. The van der Waals surface area contributed by atoms with Gasteiger partial charge in [0, 0.05) is 19.6 Å². The summed E-state index contributed by atoms with van der Waals surface area (Å²) in [5, 5.41) is 5.64. The first-order valence-electron chi connectivity index (χ1n) is 9.03. The average molecular weight is 341 g/mol. The maximum Gasteiger partial charge on any atom is 0.315 e. The van der Waals surface area contributed by atoms with Gasteiger partial charge in [0.1, 0.15) is 5.76 Å². The minimum absolute atomic E-state index is 0.192. The summed E-state index contributed by atoms with van der Waals surface area (Å²) in [6.07, 6.45) is 4.25. The fraction of sp³-hybridized carbons (Fsp3) is 0.450. The van der Waals surface area contributed by atoms with Crippen molar-refractivity contribution in [1.82, 2.24) is 15.5 Å². The Balaban J connectivity index is 1.40. The molecule has 1 aliphatic heterocycles. The highest BCUT2D eigenvalue weighted by Crippen LogP contribution is 2.18. The second-order valence-corrected chi connectivity index (χ2v) is 6.91. The number of nitrogens with zero attached hydrogens (tertiary/aromatic N) is 1. The third-order valence-electron chi connectivity index (χ3n) is 4.63. The molecule has 1 atom stereocenters. The molecule has 1 aromatic heterocycles. The number of likely N-dealkylation sites (tertiary alicyclic amines) is 1. The maximum absolute atomic E-state index is 11.8. The lowest BCUT2D eigenvalue weighted by molar-refractivity contribution is 0.176. The molecule has 0 bridgehead atoms. The number of urea groups is 1. The normalized spacial score (nSPS) is 18.0. The van der Waals surface area contributed by atoms with Crippen molar-refractivity contribution in [2.45, 2.75) is 39.4 Å². The Morgan fingerprint density at radius 1 is 1.16 bits per heavy atom. The third kappa shape index (κ3) is 5.64. The van der Waals surface area contributed by atoms with Gasteiger partial charge in [0.15, 0.2) is 0 Å². The van der Waals surface area contributed by atoms with Gasteiger partial charge in [0.2, 0.25) is 0 Å². The van der Waals surface area contributed by atoms with Crippen LogP contribution in [-0.2, 0) is 19.6 Å². The Bertz CT molecular complexity index is 652. The molecule has 0 unspecified atom stereocenters. The Morgan fingerprint density at radius 3 is 2.64 bits per heavy atom. The van der Waals surface area contributed by atoms with Crippen molar-refractivity contribution < 1.29 is 9.21 Å². The van der Waals surface area contributed by atoms with Crippen molar-refractivity contribution >= 4 is 6.03 Å². The number of piperidine rings is 1. The van der Waals surface area contributed by atoms with E-state index in [0.29, 0.717) is 13.1 Å². The molecule has 0 radical (unpaired) electrons. The largest absolute Gasteiger partial charge is 0.467 e. The summed E-state index contributed by atoms with van der Waals surface area (Å²) >= 11 is 0. The standard InChI is InChI=1S/C20H27N3O2/c1-16-4-2-10-23(14-16)15-18-8-6-17(7-9-18)12-21-20(24)22-13-19-5-3-11-25-19/h3,5-9,11,16H,2,4,10,12-15H2,1H3,(H2,21,22,24)/t16-/m1/s1. The van der Waals surface area contributed by atoms with E-state index in [9.17, 15) is 4.79 Å². The van der Waals surface area contributed by atoms with Crippen molar-refractivity contribution in [3.8, 4) is 0 Å². The lowest BCUT2D eigenvalue weighted by Crippen LogP contribution is -2.34. The van der Waals surface area contributed by atoms with Gasteiger partial charge in [-0.25, -0.2) is 4.79 Å². The first kappa shape index (κ1) is 17.5. The summed E-state index contributed by atoms with van der Waals surface area (Å²) in [5.74, 6) is 1.54. The average Bonchev–Trinajstić information content (AvgIpc) is 3.13. The molecule has 0 saturated carbocycles. The van der Waals surface area contributed by atoms with E-state index in [1.54, 1.807) is 12.3 Å². The van der Waals surface area contributed by atoms with Crippen molar-refractivity contribution in [3.63, 3.8) is 0 Å². The first-order valence-corrected chi connectivity index (χ1v) is 9.03. The fourth-order valence-electron chi connectivity index (χ4n) is 3.28. The molecule has 0 spiro atoms. The number of carbonyl (C=O) groups excluding carboxylic acids is 1. The number of furan rings is 1. The van der Waals surface area contributed by atoms with E-state index in [4.69, 9.17) is 4.42 Å². The molecule has 1 aromatic carbocycles. The van der Waals surface area contributed by atoms with Crippen molar-refractivity contribution in [2.75, 3.05) is 13.1 Å². The Hall–Kier alpha value is -2.27. The second-order valence-electron chi connectivity index (χ2n) is 6.91. The van der Waals surface area contributed by atoms with Gasteiger partial charge in [-0.05, 0) is 48.6 Å². The molecule has 0 aliphatic carbocycles. The van der Waals surface area contributed by atoms with E-state index in [1.807, 2.05) is 6.07 Å². The second kappa shape index (κ2) is 8.72. The number of hydrogen-bond acceptors (Lipinski definition) is 3. The van der Waals surface area contributed by atoms with E-state index in [2.05, 4.69) is 46.7 Å². The lowest BCUT2D eigenvalue weighted by Gasteiger charge is -2.30. The third-order valence-corrected chi connectivity index (χ3v) is 4.63. The summed E-state index contributed by atoms with van der Waals surface area (Å²) in [6, 6.07) is 12.0. The SMILES string of the molecule is C[C@@H]1CCCN(Cc2ccc(CNC(=O)NCc3ccco3)cc2)C1. The van der Waals surface area contributed by atoms with Gasteiger partial charge in [-0.1, -0.05) is 31.2 Å². The predicted molar refractivity (Wildman–Crippen MR) is 97.9 cm³/mol. The molecule has 5 nitrogen and oxygen atoms in total. The number of nitrogens with one attached hydrogen (secondary N) is 2. The van der Waals surface area contributed by atoms with Crippen LogP contribution in [0.25, 0.3) is 0 Å². The van der Waals surface area contributed by atoms with Gasteiger partial charge in [0.05, 0.1) is 12.8 Å². The highest BCUT2D eigenvalue weighted by Gasteiger charge is 2.16. The zero-order valence-electron chi connectivity index (χ0n) is 14.8. The molecular formula is C20H27N3O2. The topological polar surface area (TPSA) is 57.5 Å². The van der Waals surface area contributed by atoms with Crippen LogP contribution in [0.1, 0.15) is 36.7 Å². The molecule has 2 N–H and O–H groups in total. The van der Waals surface area contributed by atoms with Crippen LogP contribution in [0.4, 0.5) is 4.79 Å². The zero-order chi connectivity index (χ0) is 17.5. The molecule has 3 rings (SSSR count). The lowest BCUT2D eigenvalue weighted by atomic mass is 9.99. The summed E-state index contributed by atoms with van der Waals surface area (Å²) < 4.78 is 5.18. The van der Waals surface area contributed by atoms with Gasteiger partial charge in [0.25, 0.3) is 0 Å². The Labute approximate surface area is 149 Å². The van der Waals surface area contributed by atoms with Crippen LogP contribution in [0.15, 0.2) is 47.1 Å². The minimum atomic E-state index is -0.192. The molecule has 1 saturated heterocycles. The minimum Gasteiger partial charge on any atom is -0.467 e. The summed E-state index contributed by atoms with van der Waals surface area (Å²) in [5.41, 5.74) is 2.43. The molecule has 1 fully saturated rings. The molecule has 1 aliphatic rings. The van der Waals surface area contributed by atoms with E-state index < -0.39 is 0 Å². The van der Waals surface area contributed by atoms with Gasteiger partial charge in [-0.3, -0.25) is 4.90 Å². The van der Waals surface area contributed by atoms with E-state index in [-0.39, 0.29) is 6.03 Å². The van der Waals surface area contributed by atoms with Gasteiger partial charge >= 0.3 is 6.03 Å². The molecule has 25 heavy (non-hydrogen) atoms. The van der Waals surface area contributed by atoms with Crippen LogP contribution in [-0.4, -0.2) is 24.0 Å². The van der Waals surface area contributed by atoms with Gasteiger partial charge in [-0.2, -0.15) is 0 Å². The number of carbonyl (C=O) groups is 1. The summed E-state index contributed by atoms with van der Waals surface area (Å²) in [4.78, 5) is 14.3. The smallest absolute Gasteiger partial charge is 0.315 e. The number of benzene rings is 1.